The Morgan fingerprint density at radius 3 is 2.95 bits per heavy atom. The Labute approximate surface area is 122 Å². The fourth-order valence-corrected chi connectivity index (χ4v) is 2.58. The number of carboxylic acid groups (broad SMARTS) is 1. The van der Waals surface area contributed by atoms with Crippen LogP contribution in [-0.4, -0.2) is 35.3 Å². The lowest BCUT2D eigenvalue weighted by Gasteiger charge is -2.18. The summed E-state index contributed by atoms with van der Waals surface area (Å²) in [6.07, 6.45) is 2.01. The third-order valence-electron chi connectivity index (χ3n) is 3.74. The smallest absolute Gasteiger partial charge is 0.335 e. The van der Waals surface area contributed by atoms with Crippen LogP contribution in [0.3, 0.4) is 0 Å². The van der Waals surface area contributed by atoms with Crippen LogP contribution < -0.4 is 5.32 Å². The van der Waals surface area contributed by atoms with Crippen molar-refractivity contribution >= 4 is 17.3 Å². The molecule has 0 radical (unpaired) electrons. The summed E-state index contributed by atoms with van der Waals surface area (Å²) in [6.45, 7) is 3.34. The summed E-state index contributed by atoms with van der Waals surface area (Å²) in [6, 6.07) is 3.88. The maximum atomic E-state index is 11.1. The molecule has 7 heteroatoms. The van der Waals surface area contributed by atoms with E-state index in [2.05, 4.69) is 5.32 Å². The number of nitro benzene ring substituents is 1. The predicted molar refractivity (Wildman–Crippen MR) is 76.7 cm³/mol. The number of nitrogens with one attached hydrogen (secondary N) is 1. The summed E-state index contributed by atoms with van der Waals surface area (Å²) in [5, 5.41) is 23.0. The molecule has 1 aliphatic rings. The summed E-state index contributed by atoms with van der Waals surface area (Å²) in [4.78, 5) is 21.4. The van der Waals surface area contributed by atoms with Crippen molar-refractivity contribution in [2.24, 2.45) is 5.92 Å². The largest absolute Gasteiger partial charge is 0.478 e. The number of carbonyl (C=O) groups is 1. The zero-order valence-electron chi connectivity index (χ0n) is 11.7. The van der Waals surface area contributed by atoms with Crippen molar-refractivity contribution in [3.8, 4) is 0 Å². The van der Waals surface area contributed by atoms with Gasteiger partial charge < -0.3 is 15.2 Å². The van der Waals surface area contributed by atoms with Crippen LogP contribution >= 0.6 is 0 Å². The second-order valence-electron chi connectivity index (χ2n) is 5.04. The van der Waals surface area contributed by atoms with E-state index in [9.17, 15) is 14.9 Å². The Morgan fingerprint density at radius 1 is 1.57 bits per heavy atom. The summed E-state index contributed by atoms with van der Waals surface area (Å²) in [7, 11) is 0. The Bertz CT molecular complexity index is 546. The first-order chi connectivity index (χ1) is 10.0. The first-order valence-corrected chi connectivity index (χ1v) is 6.90. The van der Waals surface area contributed by atoms with Crippen LogP contribution in [0.5, 0.6) is 0 Å². The minimum atomic E-state index is -1.18. The first kappa shape index (κ1) is 15.2. The van der Waals surface area contributed by atoms with Crippen molar-refractivity contribution in [1.29, 1.82) is 0 Å². The van der Waals surface area contributed by atoms with Crippen molar-refractivity contribution in [3.63, 3.8) is 0 Å². The highest BCUT2D eigenvalue weighted by Gasteiger charge is 2.27. The number of nitro groups is 1. The molecule has 0 aliphatic carbocycles. The highest BCUT2D eigenvalue weighted by Crippen LogP contribution is 2.28. The molecule has 2 unspecified atom stereocenters. The van der Waals surface area contributed by atoms with Gasteiger partial charge in [0.15, 0.2) is 0 Å². The normalized spacial score (nSPS) is 21.2. The van der Waals surface area contributed by atoms with E-state index in [4.69, 9.17) is 9.84 Å². The van der Waals surface area contributed by atoms with Gasteiger partial charge in [-0.1, -0.05) is 6.92 Å². The van der Waals surface area contributed by atoms with Gasteiger partial charge in [-0.3, -0.25) is 10.1 Å². The van der Waals surface area contributed by atoms with E-state index in [0.717, 1.165) is 18.9 Å². The predicted octanol–water partition coefficient (Wildman–Crippen LogP) is 2.52. The number of anilines is 1. The van der Waals surface area contributed by atoms with Crippen LogP contribution in [0.4, 0.5) is 11.4 Å². The van der Waals surface area contributed by atoms with Crippen molar-refractivity contribution in [2.45, 2.75) is 25.9 Å². The molecule has 21 heavy (non-hydrogen) atoms. The molecular formula is C14H18N2O5. The SMILES string of the molecule is CCC1OCCC1CNc1ccc(C(=O)O)cc1[N+](=O)[O-]. The maximum Gasteiger partial charge on any atom is 0.335 e. The third kappa shape index (κ3) is 3.49. The van der Waals surface area contributed by atoms with Crippen molar-refractivity contribution in [2.75, 3.05) is 18.5 Å². The number of hydrogen-bond donors (Lipinski definition) is 2. The minimum Gasteiger partial charge on any atom is -0.478 e. The topological polar surface area (TPSA) is 102 Å². The molecule has 1 aromatic rings. The molecule has 2 atom stereocenters. The molecule has 0 spiro atoms. The second-order valence-corrected chi connectivity index (χ2v) is 5.04. The zero-order valence-corrected chi connectivity index (χ0v) is 11.7. The lowest BCUT2D eigenvalue weighted by atomic mass is 9.99. The molecule has 2 rings (SSSR count). The van der Waals surface area contributed by atoms with Gasteiger partial charge in [-0.25, -0.2) is 4.79 Å². The Hall–Kier alpha value is -2.15. The molecule has 1 aliphatic heterocycles. The van der Waals surface area contributed by atoms with E-state index in [1.807, 2.05) is 6.92 Å². The Kier molecular flexibility index (Phi) is 4.74. The van der Waals surface area contributed by atoms with Crippen molar-refractivity contribution < 1.29 is 19.6 Å². The van der Waals surface area contributed by atoms with E-state index in [-0.39, 0.29) is 17.4 Å². The zero-order chi connectivity index (χ0) is 15.4. The molecule has 1 fully saturated rings. The molecule has 0 aromatic heterocycles. The van der Waals surface area contributed by atoms with Crippen LogP contribution in [0.2, 0.25) is 0 Å². The van der Waals surface area contributed by atoms with Gasteiger partial charge in [-0.15, -0.1) is 0 Å². The van der Waals surface area contributed by atoms with E-state index in [0.29, 0.717) is 24.8 Å². The van der Waals surface area contributed by atoms with Crippen LogP contribution in [0.1, 0.15) is 30.1 Å². The average Bonchev–Trinajstić information content (AvgIpc) is 2.92. The number of nitrogens with zero attached hydrogens (tertiary/aromatic N) is 1. The number of aromatic carboxylic acids is 1. The van der Waals surface area contributed by atoms with Crippen LogP contribution in [0, 0.1) is 16.0 Å². The molecule has 1 saturated heterocycles. The van der Waals surface area contributed by atoms with Gasteiger partial charge >= 0.3 is 5.97 Å². The van der Waals surface area contributed by atoms with Crippen LogP contribution in [-0.2, 0) is 4.74 Å². The van der Waals surface area contributed by atoms with Crippen LogP contribution in [0.15, 0.2) is 18.2 Å². The lowest BCUT2D eigenvalue weighted by Crippen LogP contribution is -2.23. The molecule has 1 heterocycles. The highest BCUT2D eigenvalue weighted by molar-refractivity contribution is 5.89. The van der Waals surface area contributed by atoms with E-state index in [1.165, 1.54) is 12.1 Å². The molecule has 7 nitrogen and oxygen atoms in total. The van der Waals surface area contributed by atoms with E-state index < -0.39 is 10.9 Å². The van der Waals surface area contributed by atoms with E-state index >= 15 is 0 Å². The molecule has 0 bridgehead atoms. The molecule has 0 saturated carbocycles. The third-order valence-corrected chi connectivity index (χ3v) is 3.74. The van der Waals surface area contributed by atoms with Gasteiger partial charge in [0.25, 0.3) is 5.69 Å². The lowest BCUT2D eigenvalue weighted by molar-refractivity contribution is -0.384. The van der Waals surface area contributed by atoms with E-state index in [1.54, 1.807) is 0 Å². The van der Waals surface area contributed by atoms with Gasteiger partial charge in [0.05, 0.1) is 16.6 Å². The number of ether oxygens (including phenoxy) is 1. The molecule has 2 N–H and O–H groups in total. The molecular weight excluding hydrogens is 276 g/mol. The number of rotatable bonds is 6. The molecule has 114 valence electrons. The Balaban J connectivity index is 2.12. The number of carboxylic acids is 1. The minimum absolute atomic E-state index is 0.0946. The highest BCUT2D eigenvalue weighted by atomic mass is 16.6. The fourth-order valence-electron chi connectivity index (χ4n) is 2.58. The second kappa shape index (κ2) is 6.53. The van der Waals surface area contributed by atoms with Gasteiger partial charge in [0, 0.05) is 25.1 Å². The molecule has 1 aromatic carbocycles. The van der Waals surface area contributed by atoms with Crippen molar-refractivity contribution in [3.05, 3.63) is 33.9 Å². The summed E-state index contributed by atoms with van der Waals surface area (Å²) in [5.41, 5.74) is 0.0245. The quantitative estimate of drug-likeness (QED) is 0.617. The Morgan fingerprint density at radius 2 is 2.33 bits per heavy atom. The van der Waals surface area contributed by atoms with Gasteiger partial charge in [-0.2, -0.15) is 0 Å². The summed E-state index contributed by atoms with van der Waals surface area (Å²) < 4.78 is 5.58. The molecule has 0 amide bonds. The van der Waals surface area contributed by atoms with Crippen LogP contribution in [0.25, 0.3) is 0 Å². The number of benzene rings is 1. The summed E-state index contributed by atoms with van der Waals surface area (Å²) in [5.74, 6) is -0.867. The van der Waals surface area contributed by atoms with Crippen molar-refractivity contribution in [1.82, 2.24) is 0 Å². The monoisotopic (exact) mass is 294 g/mol. The van der Waals surface area contributed by atoms with Gasteiger partial charge in [0.2, 0.25) is 0 Å². The number of hydrogen-bond acceptors (Lipinski definition) is 5. The van der Waals surface area contributed by atoms with Gasteiger partial charge in [-0.05, 0) is 25.0 Å². The standard InChI is InChI=1S/C14H18N2O5/c1-2-13-10(5-6-21-13)8-15-11-4-3-9(14(17)18)7-12(11)16(19)20/h3-4,7,10,13,15H,2,5-6,8H2,1H3,(H,17,18). The maximum absolute atomic E-state index is 11.1. The summed E-state index contributed by atoms with van der Waals surface area (Å²) >= 11 is 0. The fraction of sp³-hybridized carbons (Fsp3) is 0.500. The first-order valence-electron chi connectivity index (χ1n) is 6.90. The van der Waals surface area contributed by atoms with Gasteiger partial charge in [0.1, 0.15) is 5.69 Å². The average molecular weight is 294 g/mol.